The number of carbonyl (C=O) groups excluding carboxylic acids is 1. The van der Waals surface area contributed by atoms with E-state index in [0.717, 1.165) is 19.5 Å². The van der Waals surface area contributed by atoms with Gasteiger partial charge in [0.2, 0.25) is 5.91 Å². The Labute approximate surface area is 123 Å². The van der Waals surface area contributed by atoms with Gasteiger partial charge in [0.05, 0.1) is 19.1 Å². The molecule has 1 fully saturated rings. The van der Waals surface area contributed by atoms with Crippen molar-refractivity contribution in [1.29, 1.82) is 0 Å². The predicted molar refractivity (Wildman–Crippen MR) is 81.7 cm³/mol. The van der Waals surface area contributed by atoms with Crippen molar-refractivity contribution in [1.82, 2.24) is 15.5 Å². The van der Waals surface area contributed by atoms with Crippen molar-refractivity contribution < 1.29 is 9.53 Å². The number of carbonyl (C=O) groups is 1. The lowest BCUT2D eigenvalue weighted by molar-refractivity contribution is -0.125. The summed E-state index contributed by atoms with van der Waals surface area (Å²) in [5, 5.41) is 6.49. The topological polar surface area (TPSA) is 53.6 Å². The smallest absolute Gasteiger partial charge is 0.227 e. The molecule has 0 aromatic carbocycles. The molecular formula is C15H31N3O2. The molecule has 2 N–H and O–H groups in total. The van der Waals surface area contributed by atoms with E-state index in [2.05, 4.69) is 50.4 Å². The Hall–Kier alpha value is -0.650. The van der Waals surface area contributed by atoms with E-state index in [4.69, 9.17) is 4.74 Å². The lowest BCUT2D eigenvalue weighted by atomic mass is 9.92. The second-order valence-corrected chi connectivity index (χ2v) is 6.82. The second kappa shape index (κ2) is 7.96. The fourth-order valence-electron chi connectivity index (χ4n) is 2.71. The molecule has 0 aliphatic carbocycles. The van der Waals surface area contributed by atoms with E-state index in [-0.39, 0.29) is 23.3 Å². The predicted octanol–water partition coefficient (Wildman–Crippen LogP) is 0.705. The Morgan fingerprint density at radius 3 is 2.65 bits per heavy atom. The molecule has 20 heavy (non-hydrogen) atoms. The molecule has 5 nitrogen and oxygen atoms in total. The average Bonchev–Trinajstić information content (AvgIpc) is 2.80. The van der Waals surface area contributed by atoms with Gasteiger partial charge in [-0.1, -0.05) is 20.8 Å². The fourth-order valence-corrected chi connectivity index (χ4v) is 2.71. The summed E-state index contributed by atoms with van der Waals surface area (Å²) >= 11 is 0. The van der Waals surface area contributed by atoms with Gasteiger partial charge >= 0.3 is 0 Å². The molecule has 0 aromatic heterocycles. The fraction of sp³-hybridized carbons (Fsp3) is 0.933. The minimum absolute atomic E-state index is 0.0586. The van der Waals surface area contributed by atoms with Gasteiger partial charge in [0.15, 0.2) is 0 Å². The SMILES string of the molecule is CCCNC1COCC1C(=O)NCC(C)(C)CN(C)C. The third kappa shape index (κ3) is 5.77. The molecule has 5 heteroatoms. The van der Waals surface area contributed by atoms with E-state index < -0.39 is 0 Å². The van der Waals surface area contributed by atoms with E-state index >= 15 is 0 Å². The van der Waals surface area contributed by atoms with Gasteiger partial charge in [-0.2, -0.15) is 0 Å². The summed E-state index contributed by atoms with van der Waals surface area (Å²) in [6.45, 7) is 10.2. The van der Waals surface area contributed by atoms with E-state index in [1.165, 1.54) is 0 Å². The highest BCUT2D eigenvalue weighted by atomic mass is 16.5. The summed E-state index contributed by atoms with van der Waals surface area (Å²) in [6.07, 6.45) is 1.07. The van der Waals surface area contributed by atoms with Crippen LogP contribution in [-0.2, 0) is 9.53 Å². The number of hydrogen-bond donors (Lipinski definition) is 2. The molecule has 1 aliphatic heterocycles. The quantitative estimate of drug-likeness (QED) is 0.689. The zero-order chi connectivity index (χ0) is 15.2. The lowest BCUT2D eigenvalue weighted by Gasteiger charge is -2.29. The highest BCUT2D eigenvalue weighted by molar-refractivity contribution is 5.79. The molecule has 0 bridgehead atoms. The standard InChI is InChI=1S/C15H31N3O2/c1-6-7-16-13-9-20-8-12(13)14(19)17-10-15(2,3)11-18(4)5/h12-13,16H,6-11H2,1-5H3,(H,17,19). The summed E-state index contributed by atoms with van der Waals surface area (Å²) in [4.78, 5) is 14.5. The summed E-state index contributed by atoms with van der Waals surface area (Å²) in [7, 11) is 4.11. The van der Waals surface area contributed by atoms with Crippen LogP contribution in [0.25, 0.3) is 0 Å². The van der Waals surface area contributed by atoms with Crippen molar-refractivity contribution in [2.75, 3.05) is 46.9 Å². The summed E-state index contributed by atoms with van der Waals surface area (Å²) < 4.78 is 5.45. The first-order chi connectivity index (χ1) is 9.35. The maximum Gasteiger partial charge on any atom is 0.227 e. The lowest BCUT2D eigenvalue weighted by Crippen LogP contribution is -2.47. The molecule has 1 aliphatic rings. The van der Waals surface area contributed by atoms with Crippen LogP contribution < -0.4 is 10.6 Å². The maximum atomic E-state index is 12.3. The number of hydrogen-bond acceptors (Lipinski definition) is 4. The van der Waals surface area contributed by atoms with Crippen molar-refractivity contribution in [2.24, 2.45) is 11.3 Å². The summed E-state index contributed by atoms with van der Waals surface area (Å²) in [5.74, 6) is 0.0552. The third-order valence-corrected chi connectivity index (χ3v) is 3.56. The van der Waals surface area contributed by atoms with Crippen LogP contribution in [-0.4, -0.2) is 63.8 Å². The second-order valence-electron chi connectivity index (χ2n) is 6.82. The van der Waals surface area contributed by atoms with Crippen molar-refractivity contribution in [3.8, 4) is 0 Å². The molecule has 1 saturated heterocycles. The summed E-state index contributed by atoms with van der Waals surface area (Å²) in [6, 6.07) is 0.159. The van der Waals surface area contributed by atoms with E-state index in [0.29, 0.717) is 19.8 Å². The normalized spacial score (nSPS) is 23.3. The third-order valence-electron chi connectivity index (χ3n) is 3.56. The summed E-state index contributed by atoms with van der Waals surface area (Å²) in [5.41, 5.74) is 0.0744. The van der Waals surface area contributed by atoms with Crippen LogP contribution in [0.3, 0.4) is 0 Å². The maximum absolute atomic E-state index is 12.3. The molecule has 0 saturated carbocycles. The van der Waals surface area contributed by atoms with E-state index in [1.807, 2.05) is 0 Å². The molecule has 118 valence electrons. The molecule has 1 rings (SSSR count). The number of nitrogens with zero attached hydrogens (tertiary/aromatic N) is 1. The Balaban J connectivity index is 2.41. The van der Waals surface area contributed by atoms with Crippen LogP contribution >= 0.6 is 0 Å². The highest BCUT2D eigenvalue weighted by Gasteiger charge is 2.34. The van der Waals surface area contributed by atoms with Crippen LogP contribution in [0.2, 0.25) is 0 Å². The zero-order valence-electron chi connectivity index (χ0n) is 13.7. The minimum Gasteiger partial charge on any atom is -0.379 e. The molecule has 1 heterocycles. The Morgan fingerprint density at radius 2 is 2.05 bits per heavy atom. The van der Waals surface area contributed by atoms with Crippen molar-refractivity contribution >= 4 is 5.91 Å². The van der Waals surface area contributed by atoms with Crippen molar-refractivity contribution in [3.05, 3.63) is 0 Å². The Bertz CT molecular complexity index is 305. The number of nitrogens with one attached hydrogen (secondary N) is 2. The monoisotopic (exact) mass is 285 g/mol. The van der Waals surface area contributed by atoms with Crippen molar-refractivity contribution in [2.45, 2.75) is 33.2 Å². The van der Waals surface area contributed by atoms with Gasteiger partial charge in [-0.15, -0.1) is 0 Å². The van der Waals surface area contributed by atoms with Gasteiger partial charge in [0.25, 0.3) is 0 Å². The van der Waals surface area contributed by atoms with Crippen LogP contribution in [0.4, 0.5) is 0 Å². The van der Waals surface area contributed by atoms with Crippen LogP contribution in [0.5, 0.6) is 0 Å². The van der Waals surface area contributed by atoms with Gasteiger partial charge in [0, 0.05) is 19.1 Å². The number of ether oxygens (including phenoxy) is 1. The van der Waals surface area contributed by atoms with Crippen LogP contribution in [0, 0.1) is 11.3 Å². The Kier molecular flexibility index (Phi) is 6.92. The highest BCUT2D eigenvalue weighted by Crippen LogP contribution is 2.17. The number of amides is 1. The van der Waals surface area contributed by atoms with Crippen LogP contribution in [0.1, 0.15) is 27.2 Å². The average molecular weight is 285 g/mol. The molecular weight excluding hydrogens is 254 g/mol. The van der Waals surface area contributed by atoms with E-state index in [9.17, 15) is 4.79 Å². The molecule has 0 spiro atoms. The van der Waals surface area contributed by atoms with Crippen LogP contribution in [0.15, 0.2) is 0 Å². The first-order valence-electron chi connectivity index (χ1n) is 7.59. The molecule has 2 atom stereocenters. The van der Waals surface area contributed by atoms with Gasteiger partial charge in [-0.25, -0.2) is 0 Å². The molecule has 0 radical (unpaired) electrons. The molecule has 1 amide bonds. The minimum atomic E-state index is -0.0586. The molecule has 2 unspecified atom stereocenters. The zero-order valence-corrected chi connectivity index (χ0v) is 13.7. The van der Waals surface area contributed by atoms with Gasteiger partial charge in [0.1, 0.15) is 0 Å². The van der Waals surface area contributed by atoms with Gasteiger partial charge in [-0.3, -0.25) is 4.79 Å². The number of rotatable bonds is 8. The first-order valence-corrected chi connectivity index (χ1v) is 7.59. The van der Waals surface area contributed by atoms with Gasteiger partial charge < -0.3 is 20.3 Å². The molecule has 0 aromatic rings. The van der Waals surface area contributed by atoms with Gasteiger partial charge in [-0.05, 0) is 32.5 Å². The Morgan fingerprint density at radius 1 is 1.35 bits per heavy atom. The first kappa shape index (κ1) is 17.4. The van der Waals surface area contributed by atoms with Crippen molar-refractivity contribution in [3.63, 3.8) is 0 Å². The largest absolute Gasteiger partial charge is 0.379 e. The van der Waals surface area contributed by atoms with E-state index in [1.54, 1.807) is 0 Å².